The Labute approximate surface area is 162 Å². The van der Waals surface area contributed by atoms with Crippen molar-refractivity contribution < 1.29 is 14.3 Å². The second-order valence-corrected chi connectivity index (χ2v) is 7.45. The van der Waals surface area contributed by atoms with Crippen LogP contribution in [0.3, 0.4) is 0 Å². The van der Waals surface area contributed by atoms with Crippen molar-refractivity contribution in [2.75, 3.05) is 6.61 Å². The third kappa shape index (κ3) is 3.74. The summed E-state index contributed by atoms with van der Waals surface area (Å²) in [5, 5.41) is 16.8. The number of fused-ring (bicyclic) bond motifs is 1. The fraction of sp³-hybridized carbons (Fsp3) is 0.450. The Morgan fingerprint density at radius 3 is 2.57 bits per heavy atom. The van der Waals surface area contributed by atoms with Gasteiger partial charge < -0.3 is 10.1 Å². The summed E-state index contributed by atoms with van der Waals surface area (Å²) in [6.07, 6.45) is 1.77. The maximum Gasteiger partial charge on any atom is 0.359 e. The second kappa shape index (κ2) is 7.43. The van der Waals surface area contributed by atoms with Crippen LogP contribution in [0.5, 0.6) is 0 Å². The van der Waals surface area contributed by atoms with Crippen LogP contribution in [-0.4, -0.2) is 33.8 Å². The molecule has 1 aliphatic carbocycles. The lowest BCUT2D eigenvalue weighted by Gasteiger charge is -2.22. The van der Waals surface area contributed by atoms with Crippen molar-refractivity contribution in [3.05, 3.63) is 40.3 Å². The van der Waals surface area contributed by atoms with Crippen molar-refractivity contribution in [3.8, 4) is 6.07 Å². The number of nitrogens with one attached hydrogen (secondary N) is 1. The predicted molar refractivity (Wildman–Crippen MR) is 102 cm³/mol. The van der Waals surface area contributed by atoms with Gasteiger partial charge in [-0.1, -0.05) is 18.2 Å². The fourth-order valence-electron chi connectivity index (χ4n) is 3.11. The summed E-state index contributed by atoms with van der Waals surface area (Å²) in [5.74, 6) is -1.23. The standard InChI is InChI=1S/C20H22N4O4/c1-12(2)24-18(26)15-7-5-4-6-14(15)17(23-24)19(27)28-10-16(25)22-20(3,11-21)13-8-9-13/h4-7,12-13H,8-10H2,1-3H3,(H,22,25)/t20-/m1/s1. The number of nitrogens with zero attached hydrogens (tertiary/aromatic N) is 3. The molecule has 8 nitrogen and oxygen atoms in total. The van der Waals surface area contributed by atoms with E-state index >= 15 is 0 Å². The van der Waals surface area contributed by atoms with Crippen molar-refractivity contribution in [2.45, 2.75) is 45.2 Å². The Balaban J connectivity index is 1.80. The Kier molecular flexibility index (Phi) is 5.18. The van der Waals surface area contributed by atoms with Crippen LogP contribution in [0.2, 0.25) is 0 Å². The molecule has 1 heterocycles. The number of carbonyl (C=O) groups excluding carboxylic acids is 2. The molecule has 1 N–H and O–H groups in total. The average molecular weight is 382 g/mol. The number of ether oxygens (including phenoxy) is 1. The van der Waals surface area contributed by atoms with Crippen LogP contribution in [-0.2, 0) is 9.53 Å². The summed E-state index contributed by atoms with van der Waals surface area (Å²) in [5.41, 5.74) is -1.28. The number of esters is 1. The first-order chi connectivity index (χ1) is 13.3. The van der Waals surface area contributed by atoms with E-state index in [1.165, 1.54) is 4.68 Å². The Morgan fingerprint density at radius 1 is 1.36 bits per heavy atom. The number of amides is 1. The molecule has 1 amide bonds. The van der Waals surface area contributed by atoms with Crippen molar-refractivity contribution in [3.63, 3.8) is 0 Å². The van der Waals surface area contributed by atoms with Gasteiger partial charge in [0.05, 0.1) is 17.5 Å². The highest BCUT2D eigenvalue weighted by atomic mass is 16.5. The number of rotatable bonds is 6. The van der Waals surface area contributed by atoms with E-state index in [4.69, 9.17) is 4.74 Å². The molecular weight excluding hydrogens is 360 g/mol. The third-order valence-electron chi connectivity index (χ3n) is 4.87. The van der Waals surface area contributed by atoms with E-state index in [0.29, 0.717) is 10.8 Å². The first-order valence-corrected chi connectivity index (χ1v) is 9.17. The molecule has 2 aromatic rings. The van der Waals surface area contributed by atoms with Gasteiger partial charge in [0.15, 0.2) is 12.3 Å². The summed E-state index contributed by atoms with van der Waals surface area (Å²) in [7, 11) is 0. The lowest BCUT2D eigenvalue weighted by atomic mass is 9.98. The van der Waals surface area contributed by atoms with Crippen molar-refractivity contribution in [1.29, 1.82) is 5.26 Å². The molecule has 1 aromatic carbocycles. The van der Waals surface area contributed by atoms with E-state index in [1.807, 2.05) is 0 Å². The van der Waals surface area contributed by atoms with Gasteiger partial charge in [-0.3, -0.25) is 9.59 Å². The first kappa shape index (κ1) is 19.5. The summed E-state index contributed by atoms with van der Waals surface area (Å²) >= 11 is 0. The molecule has 1 aliphatic rings. The molecule has 1 saturated carbocycles. The molecule has 28 heavy (non-hydrogen) atoms. The van der Waals surface area contributed by atoms with Gasteiger partial charge in [0.1, 0.15) is 5.54 Å². The van der Waals surface area contributed by atoms with E-state index in [1.54, 1.807) is 45.0 Å². The molecule has 0 radical (unpaired) electrons. The van der Waals surface area contributed by atoms with Crippen LogP contribution in [0.25, 0.3) is 10.8 Å². The van der Waals surface area contributed by atoms with Gasteiger partial charge in [-0.25, -0.2) is 9.48 Å². The Hall–Kier alpha value is -3.21. The highest BCUT2D eigenvalue weighted by Gasteiger charge is 2.43. The highest BCUT2D eigenvalue weighted by Crippen LogP contribution is 2.39. The number of nitriles is 1. The smallest absolute Gasteiger partial charge is 0.359 e. The maximum atomic E-state index is 12.6. The predicted octanol–water partition coefficient (Wildman–Crippen LogP) is 1.94. The van der Waals surface area contributed by atoms with Crippen LogP contribution in [0.4, 0.5) is 0 Å². The molecule has 8 heteroatoms. The lowest BCUT2D eigenvalue weighted by Crippen LogP contribution is -2.48. The number of hydrogen-bond acceptors (Lipinski definition) is 6. The van der Waals surface area contributed by atoms with E-state index in [-0.39, 0.29) is 23.2 Å². The minimum absolute atomic E-state index is 0.0260. The molecule has 1 aromatic heterocycles. The lowest BCUT2D eigenvalue weighted by molar-refractivity contribution is -0.125. The summed E-state index contributed by atoms with van der Waals surface area (Å²) in [4.78, 5) is 37.3. The number of benzene rings is 1. The van der Waals surface area contributed by atoms with Crippen LogP contribution >= 0.6 is 0 Å². The minimum Gasteiger partial charge on any atom is -0.451 e. The fourth-order valence-corrected chi connectivity index (χ4v) is 3.11. The number of aromatic nitrogens is 2. The summed E-state index contributed by atoms with van der Waals surface area (Å²) in [6, 6.07) is 8.51. The molecule has 0 bridgehead atoms. The highest BCUT2D eigenvalue weighted by molar-refractivity contribution is 6.02. The average Bonchev–Trinajstić information content (AvgIpc) is 3.52. The monoisotopic (exact) mass is 382 g/mol. The third-order valence-corrected chi connectivity index (χ3v) is 4.87. The van der Waals surface area contributed by atoms with Crippen LogP contribution in [0, 0.1) is 17.2 Å². The Bertz CT molecular complexity index is 1030. The zero-order chi connectivity index (χ0) is 20.5. The van der Waals surface area contributed by atoms with E-state index in [2.05, 4.69) is 16.5 Å². The van der Waals surface area contributed by atoms with Gasteiger partial charge in [0.25, 0.3) is 11.5 Å². The molecule has 0 aliphatic heterocycles. The Morgan fingerprint density at radius 2 is 2.00 bits per heavy atom. The quantitative estimate of drug-likeness (QED) is 0.764. The second-order valence-electron chi connectivity index (χ2n) is 7.45. The molecule has 0 unspecified atom stereocenters. The zero-order valence-corrected chi connectivity index (χ0v) is 16.1. The molecule has 0 spiro atoms. The largest absolute Gasteiger partial charge is 0.451 e. The van der Waals surface area contributed by atoms with E-state index < -0.39 is 24.0 Å². The van der Waals surface area contributed by atoms with Crippen LogP contribution < -0.4 is 10.9 Å². The van der Waals surface area contributed by atoms with Gasteiger partial charge >= 0.3 is 5.97 Å². The van der Waals surface area contributed by atoms with Crippen LogP contribution in [0.15, 0.2) is 29.1 Å². The zero-order valence-electron chi connectivity index (χ0n) is 16.1. The van der Waals surface area contributed by atoms with E-state index in [0.717, 1.165) is 12.8 Å². The molecule has 1 fully saturated rings. The van der Waals surface area contributed by atoms with Gasteiger partial charge in [0, 0.05) is 5.39 Å². The van der Waals surface area contributed by atoms with Crippen LogP contribution in [0.1, 0.15) is 50.1 Å². The summed E-state index contributed by atoms with van der Waals surface area (Å²) < 4.78 is 6.35. The van der Waals surface area contributed by atoms with Crippen molar-refractivity contribution >= 4 is 22.6 Å². The molecule has 3 rings (SSSR count). The molecular formula is C20H22N4O4. The number of carbonyl (C=O) groups is 2. The SMILES string of the molecule is CC(C)n1nc(C(=O)OCC(=O)N[C@](C)(C#N)C2CC2)c2ccccc2c1=O. The van der Waals surface area contributed by atoms with Gasteiger partial charge in [-0.2, -0.15) is 10.4 Å². The van der Waals surface area contributed by atoms with E-state index in [9.17, 15) is 19.6 Å². The van der Waals surface area contributed by atoms with Crippen molar-refractivity contribution in [1.82, 2.24) is 15.1 Å². The minimum atomic E-state index is -0.959. The van der Waals surface area contributed by atoms with Gasteiger partial charge in [0.2, 0.25) is 0 Å². The number of hydrogen-bond donors (Lipinski definition) is 1. The molecule has 1 atom stereocenters. The topological polar surface area (TPSA) is 114 Å². The van der Waals surface area contributed by atoms with Crippen molar-refractivity contribution in [2.24, 2.45) is 5.92 Å². The van der Waals surface area contributed by atoms with Gasteiger partial charge in [-0.05, 0) is 45.6 Å². The maximum absolute atomic E-state index is 12.6. The molecule has 0 saturated heterocycles. The summed E-state index contributed by atoms with van der Waals surface area (Å²) in [6.45, 7) is 4.70. The van der Waals surface area contributed by atoms with Gasteiger partial charge in [-0.15, -0.1) is 0 Å². The first-order valence-electron chi connectivity index (χ1n) is 9.17. The molecule has 146 valence electrons. The normalized spacial score (nSPS) is 15.7.